The minimum atomic E-state index is -0.313. The minimum absolute atomic E-state index is 0.105. The van der Waals surface area contributed by atoms with Gasteiger partial charge in [0.1, 0.15) is 12.4 Å². The summed E-state index contributed by atoms with van der Waals surface area (Å²) in [6.07, 6.45) is 1.77. The summed E-state index contributed by atoms with van der Waals surface area (Å²) in [7, 11) is 0. The van der Waals surface area contributed by atoms with E-state index in [0.717, 1.165) is 24.2 Å². The molecule has 2 N–H and O–H groups in total. The minimum Gasteiger partial charge on any atom is -0.488 e. The molecule has 114 valence electrons. The number of rotatable bonds is 10. The molecule has 0 bridgehead atoms. The Morgan fingerprint density at radius 1 is 1.00 bits per heavy atom. The summed E-state index contributed by atoms with van der Waals surface area (Å²) in [6.45, 7) is 7.63. The third kappa shape index (κ3) is 5.90. The molecule has 0 saturated heterocycles. The van der Waals surface area contributed by atoms with Gasteiger partial charge in [0.05, 0.1) is 0 Å². The first-order valence-electron chi connectivity index (χ1n) is 7.42. The van der Waals surface area contributed by atoms with Crippen molar-refractivity contribution in [1.82, 2.24) is 0 Å². The molecule has 1 unspecified atom stereocenters. The molecule has 1 rings (SSSR count). The third-order valence-electron chi connectivity index (χ3n) is 3.00. The third-order valence-corrected chi connectivity index (χ3v) is 3.00. The largest absolute Gasteiger partial charge is 0.488 e. The van der Waals surface area contributed by atoms with E-state index in [-0.39, 0.29) is 12.3 Å². The van der Waals surface area contributed by atoms with E-state index in [0.29, 0.717) is 19.8 Å². The van der Waals surface area contributed by atoms with E-state index < -0.39 is 0 Å². The summed E-state index contributed by atoms with van der Waals surface area (Å²) in [5.74, 6) is 0.807. The van der Waals surface area contributed by atoms with Crippen LogP contribution in [-0.4, -0.2) is 26.1 Å². The van der Waals surface area contributed by atoms with E-state index in [1.165, 1.54) is 0 Å². The molecule has 0 amide bonds. The molecule has 0 aliphatic rings. The van der Waals surface area contributed by atoms with Crippen molar-refractivity contribution in [2.75, 3.05) is 19.8 Å². The molecule has 4 nitrogen and oxygen atoms in total. The number of ether oxygens (including phenoxy) is 3. The van der Waals surface area contributed by atoms with Gasteiger partial charge in [-0.25, -0.2) is 0 Å². The van der Waals surface area contributed by atoms with Crippen molar-refractivity contribution in [3.05, 3.63) is 29.8 Å². The summed E-state index contributed by atoms with van der Waals surface area (Å²) >= 11 is 0. The van der Waals surface area contributed by atoms with Crippen LogP contribution in [0.25, 0.3) is 0 Å². The van der Waals surface area contributed by atoms with Crippen LogP contribution in [0.2, 0.25) is 0 Å². The van der Waals surface area contributed by atoms with Crippen LogP contribution in [-0.2, 0) is 9.47 Å². The van der Waals surface area contributed by atoms with Gasteiger partial charge in [0, 0.05) is 19.3 Å². The van der Waals surface area contributed by atoms with E-state index in [1.807, 2.05) is 38.1 Å². The average Bonchev–Trinajstić information content (AvgIpc) is 2.46. The van der Waals surface area contributed by atoms with Gasteiger partial charge < -0.3 is 19.9 Å². The monoisotopic (exact) mass is 281 g/mol. The molecule has 0 aliphatic carbocycles. The molecule has 0 aromatic heterocycles. The Labute approximate surface area is 122 Å². The molecule has 1 aromatic carbocycles. The number of benzene rings is 1. The lowest BCUT2D eigenvalue weighted by atomic mass is 10.0. The van der Waals surface area contributed by atoms with E-state index in [9.17, 15) is 0 Å². The van der Waals surface area contributed by atoms with Gasteiger partial charge in [-0.1, -0.05) is 25.5 Å². The van der Waals surface area contributed by atoms with Crippen LogP contribution in [0.15, 0.2) is 24.3 Å². The normalized spacial score (nSPS) is 12.7. The van der Waals surface area contributed by atoms with Gasteiger partial charge in [-0.2, -0.15) is 0 Å². The molecule has 1 atom stereocenters. The van der Waals surface area contributed by atoms with Gasteiger partial charge in [-0.15, -0.1) is 0 Å². The Morgan fingerprint density at radius 3 is 2.10 bits per heavy atom. The topological polar surface area (TPSA) is 53.7 Å². The summed E-state index contributed by atoms with van der Waals surface area (Å²) in [5.41, 5.74) is 7.22. The highest BCUT2D eigenvalue weighted by atomic mass is 16.7. The number of nitrogens with two attached hydrogens (primary N) is 1. The highest BCUT2D eigenvalue weighted by Gasteiger charge is 2.09. The Bertz CT molecular complexity index is 347. The maximum Gasteiger partial charge on any atom is 0.191 e. The molecule has 0 heterocycles. The van der Waals surface area contributed by atoms with Crippen molar-refractivity contribution in [3.63, 3.8) is 0 Å². The molecular formula is C16H27NO3. The zero-order valence-electron chi connectivity index (χ0n) is 12.8. The van der Waals surface area contributed by atoms with Crippen LogP contribution in [0.5, 0.6) is 5.75 Å². The van der Waals surface area contributed by atoms with Crippen LogP contribution in [0.1, 0.15) is 45.2 Å². The maximum absolute atomic E-state index is 6.08. The van der Waals surface area contributed by atoms with Gasteiger partial charge >= 0.3 is 0 Å². The van der Waals surface area contributed by atoms with Gasteiger partial charge in [0.2, 0.25) is 0 Å². The fourth-order valence-electron chi connectivity index (χ4n) is 1.97. The number of hydrogen-bond acceptors (Lipinski definition) is 4. The Balaban J connectivity index is 2.48. The fourth-order valence-corrected chi connectivity index (χ4v) is 1.97. The van der Waals surface area contributed by atoms with Crippen molar-refractivity contribution in [2.24, 2.45) is 5.73 Å². The summed E-state index contributed by atoms with van der Waals surface area (Å²) in [5, 5.41) is 0. The highest BCUT2D eigenvalue weighted by Crippen LogP contribution is 2.19. The summed E-state index contributed by atoms with van der Waals surface area (Å²) < 4.78 is 16.5. The van der Waals surface area contributed by atoms with Gasteiger partial charge in [-0.3, -0.25) is 0 Å². The second kappa shape index (κ2) is 9.75. The lowest BCUT2D eigenvalue weighted by molar-refractivity contribution is -0.152. The van der Waals surface area contributed by atoms with Gasteiger partial charge in [-0.05, 0) is 38.0 Å². The smallest absolute Gasteiger partial charge is 0.191 e. The first-order valence-corrected chi connectivity index (χ1v) is 7.42. The van der Waals surface area contributed by atoms with Gasteiger partial charge in [0.15, 0.2) is 6.29 Å². The number of hydrogen-bond donors (Lipinski definition) is 1. The zero-order valence-corrected chi connectivity index (χ0v) is 12.8. The van der Waals surface area contributed by atoms with Crippen LogP contribution in [0.3, 0.4) is 0 Å². The van der Waals surface area contributed by atoms with Crippen LogP contribution in [0, 0.1) is 0 Å². The van der Waals surface area contributed by atoms with Crippen molar-refractivity contribution in [2.45, 2.75) is 45.9 Å². The molecule has 4 heteroatoms. The van der Waals surface area contributed by atoms with Crippen LogP contribution < -0.4 is 10.5 Å². The van der Waals surface area contributed by atoms with E-state index in [2.05, 4.69) is 6.92 Å². The lowest BCUT2D eigenvalue weighted by Crippen LogP contribution is -2.25. The maximum atomic E-state index is 6.08. The predicted molar refractivity (Wildman–Crippen MR) is 80.8 cm³/mol. The second-order valence-corrected chi connectivity index (χ2v) is 4.62. The lowest BCUT2D eigenvalue weighted by Gasteiger charge is -2.18. The summed E-state index contributed by atoms with van der Waals surface area (Å²) in [4.78, 5) is 0. The Hall–Kier alpha value is -1.10. The second-order valence-electron chi connectivity index (χ2n) is 4.62. The van der Waals surface area contributed by atoms with Crippen molar-refractivity contribution >= 4 is 0 Å². The molecule has 0 radical (unpaired) electrons. The van der Waals surface area contributed by atoms with Gasteiger partial charge in [0.25, 0.3) is 0 Å². The fraction of sp³-hybridized carbons (Fsp3) is 0.625. The van der Waals surface area contributed by atoms with Crippen molar-refractivity contribution in [3.8, 4) is 5.75 Å². The zero-order chi connectivity index (χ0) is 14.8. The molecule has 20 heavy (non-hydrogen) atoms. The standard InChI is InChI=1S/C16H27NO3/c1-4-7-15(17)13-8-10-14(11-9-13)20-12-16(18-5-2)19-6-3/h8-11,15-16H,4-7,12,17H2,1-3H3. The van der Waals surface area contributed by atoms with Crippen LogP contribution >= 0.6 is 0 Å². The average molecular weight is 281 g/mol. The van der Waals surface area contributed by atoms with E-state index in [1.54, 1.807) is 0 Å². The highest BCUT2D eigenvalue weighted by molar-refractivity contribution is 5.29. The van der Waals surface area contributed by atoms with Crippen molar-refractivity contribution < 1.29 is 14.2 Å². The molecular weight excluding hydrogens is 254 g/mol. The van der Waals surface area contributed by atoms with E-state index >= 15 is 0 Å². The summed E-state index contributed by atoms with van der Waals surface area (Å²) in [6, 6.07) is 8.03. The molecule has 0 spiro atoms. The molecule has 1 aromatic rings. The first kappa shape index (κ1) is 17.0. The molecule has 0 saturated carbocycles. The van der Waals surface area contributed by atoms with Crippen LogP contribution in [0.4, 0.5) is 0 Å². The molecule has 0 aliphatic heterocycles. The SMILES string of the molecule is CCCC(N)c1ccc(OCC(OCC)OCC)cc1. The Morgan fingerprint density at radius 2 is 1.60 bits per heavy atom. The first-order chi connectivity index (χ1) is 9.71. The van der Waals surface area contributed by atoms with Crippen molar-refractivity contribution in [1.29, 1.82) is 0 Å². The van der Waals surface area contributed by atoms with E-state index in [4.69, 9.17) is 19.9 Å². The quantitative estimate of drug-likeness (QED) is 0.669. The molecule has 0 fully saturated rings. The Kier molecular flexibility index (Phi) is 8.26. The predicted octanol–water partition coefficient (Wildman–Crippen LogP) is 3.26.